The van der Waals surface area contributed by atoms with Crippen LogP contribution in [0.1, 0.15) is 40.0 Å². The van der Waals surface area contributed by atoms with Crippen LogP contribution in [0.2, 0.25) is 0 Å². The topological polar surface area (TPSA) is 32.3 Å². The fourth-order valence-corrected chi connectivity index (χ4v) is 1.54. The summed E-state index contributed by atoms with van der Waals surface area (Å²) in [5, 5.41) is 13.1. The van der Waals surface area contributed by atoms with Crippen LogP contribution in [-0.2, 0) is 0 Å². The summed E-state index contributed by atoms with van der Waals surface area (Å²) in [6.45, 7) is 7.21. The zero-order valence-corrected chi connectivity index (χ0v) is 9.09. The van der Waals surface area contributed by atoms with E-state index in [0.29, 0.717) is 12.0 Å². The lowest BCUT2D eigenvalue weighted by Gasteiger charge is -2.20. The first kappa shape index (κ1) is 11.0. The summed E-state index contributed by atoms with van der Waals surface area (Å²) in [5.74, 6) is 1.29. The number of aliphatic hydroxyl groups is 1. The first-order chi connectivity index (χ1) is 6.15. The molecule has 2 N–H and O–H groups in total. The number of aliphatic hydroxyl groups excluding tert-OH is 1. The number of hydrogen-bond donors (Lipinski definition) is 2. The first-order valence-corrected chi connectivity index (χ1v) is 5.56. The van der Waals surface area contributed by atoms with Crippen molar-refractivity contribution in [2.45, 2.75) is 52.2 Å². The Morgan fingerprint density at radius 3 is 2.46 bits per heavy atom. The Labute approximate surface area is 81.7 Å². The summed E-state index contributed by atoms with van der Waals surface area (Å²) in [5.41, 5.74) is 0. The largest absolute Gasteiger partial charge is 0.392 e. The van der Waals surface area contributed by atoms with Crippen LogP contribution in [0.25, 0.3) is 0 Å². The molecule has 1 rings (SSSR count). The van der Waals surface area contributed by atoms with E-state index in [2.05, 4.69) is 26.1 Å². The van der Waals surface area contributed by atoms with Crippen LogP contribution < -0.4 is 5.32 Å². The standard InChI is InChI=1S/C11H23NO/c1-4-8(2)11(13)7-12-9(3)10-5-6-10/h8-13H,4-7H2,1-3H3. The van der Waals surface area contributed by atoms with E-state index >= 15 is 0 Å². The van der Waals surface area contributed by atoms with Gasteiger partial charge in [-0.25, -0.2) is 0 Å². The zero-order valence-electron chi connectivity index (χ0n) is 9.09. The van der Waals surface area contributed by atoms with Crippen LogP contribution in [0, 0.1) is 11.8 Å². The van der Waals surface area contributed by atoms with Crippen molar-refractivity contribution in [2.75, 3.05) is 6.54 Å². The third-order valence-corrected chi connectivity index (χ3v) is 3.28. The smallest absolute Gasteiger partial charge is 0.0690 e. The van der Waals surface area contributed by atoms with Crippen LogP contribution in [0.3, 0.4) is 0 Å². The fourth-order valence-electron chi connectivity index (χ4n) is 1.54. The van der Waals surface area contributed by atoms with Gasteiger partial charge in [0, 0.05) is 12.6 Å². The number of nitrogens with one attached hydrogen (secondary N) is 1. The van der Waals surface area contributed by atoms with Crippen molar-refractivity contribution in [1.29, 1.82) is 0 Å². The van der Waals surface area contributed by atoms with E-state index in [-0.39, 0.29) is 6.10 Å². The van der Waals surface area contributed by atoms with Gasteiger partial charge in [-0.3, -0.25) is 0 Å². The fraction of sp³-hybridized carbons (Fsp3) is 1.00. The van der Waals surface area contributed by atoms with Crippen molar-refractivity contribution < 1.29 is 5.11 Å². The van der Waals surface area contributed by atoms with Crippen molar-refractivity contribution in [1.82, 2.24) is 5.32 Å². The average Bonchev–Trinajstić information content (AvgIpc) is 2.95. The molecular formula is C11H23NO. The van der Waals surface area contributed by atoms with E-state index in [9.17, 15) is 5.11 Å². The minimum atomic E-state index is -0.175. The third-order valence-electron chi connectivity index (χ3n) is 3.28. The molecule has 2 nitrogen and oxygen atoms in total. The summed E-state index contributed by atoms with van der Waals surface area (Å²) >= 11 is 0. The molecule has 0 aromatic heterocycles. The molecule has 1 fully saturated rings. The maximum atomic E-state index is 9.71. The summed E-state index contributed by atoms with van der Waals surface area (Å²) in [7, 11) is 0. The van der Waals surface area contributed by atoms with Gasteiger partial charge in [-0.15, -0.1) is 0 Å². The van der Waals surface area contributed by atoms with Gasteiger partial charge in [-0.05, 0) is 31.6 Å². The molecule has 1 aliphatic carbocycles. The van der Waals surface area contributed by atoms with E-state index in [4.69, 9.17) is 0 Å². The van der Waals surface area contributed by atoms with Crippen LogP contribution in [-0.4, -0.2) is 23.8 Å². The quantitative estimate of drug-likeness (QED) is 0.661. The molecule has 1 aliphatic rings. The molecule has 2 heteroatoms. The van der Waals surface area contributed by atoms with Gasteiger partial charge in [0.1, 0.15) is 0 Å². The molecule has 1 saturated carbocycles. The second kappa shape index (κ2) is 4.97. The Bertz CT molecular complexity index is 145. The van der Waals surface area contributed by atoms with E-state index in [0.717, 1.165) is 18.9 Å². The predicted molar refractivity (Wildman–Crippen MR) is 55.7 cm³/mol. The highest BCUT2D eigenvalue weighted by Gasteiger charge is 2.28. The maximum absolute atomic E-state index is 9.71. The minimum absolute atomic E-state index is 0.175. The summed E-state index contributed by atoms with van der Waals surface area (Å²) in [6.07, 6.45) is 3.62. The Kier molecular flexibility index (Phi) is 4.20. The van der Waals surface area contributed by atoms with E-state index in [1.165, 1.54) is 12.8 Å². The van der Waals surface area contributed by atoms with Crippen LogP contribution in [0.5, 0.6) is 0 Å². The molecule has 0 spiro atoms. The highest BCUT2D eigenvalue weighted by molar-refractivity contribution is 4.84. The molecular weight excluding hydrogens is 162 g/mol. The normalized spacial score (nSPS) is 24.0. The second-order valence-corrected chi connectivity index (χ2v) is 4.49. The Morgan fingerprint density at radius 2 is 2.00 bits per heavy atom. The Morgan fingerprint density at radius 1 is 1.38 bits per heavy atom. The first-order valence-electron chi connectivity index (χ1n) is 5.56. The van der Waals surface area contributed by atoms with Crippen molar-refractivity contribution in [3.63, 3.8) is 0 Å². The lowest BCUT2D eigenvalue weighted by atomic mass is 10.0. The van der Waals surface area contributed by atoms with Crippen molar-refractivity contribution in [3.05, 3.63) is 0 Å². The lowest BCUT2D eigenvalue weighted by molar-refractivity contribution is 0.109. The lowest BCUT2D eigenvalue weighted by Crippen LogP contribution is -2.37. The van der Waals surface area contributed by atoms with Crippen LogP contribution in [0.15, 0.2) is 0 Å². The van der Waals surface area contributed by atoms with Gasteiger partial charge in [0.15, 0.2) is 0 Å². The van der Waals surface area contributed by atoms with E-state index in [1.54, 1.807) is 0 Å². The summed E-state index contributed by atoms with van der Waals surface area (Å²) < 4.78 is 0. The Balaban J connectivity index is 2.09. The van der Waals surface area contributed by atoms with Gasteiger partial charge in [0.05, 0.1) is 6.10 Å². The summed E-state index contributed by atoms with van der Waals surface area (Å²) in [4.78, 5) is 0. The van der Waals surface area contributed by atoms with Gasteiger partial charge in [-0.1, -0.05) is 20.3 Å². The SMILES string of the molecule is CCC(C)C(O)CNC(C)C1CC1. The molecule has 0 heterocycles. The molecule has 3 atom stereocenters. The molecule has 0 aromatic rings. The molecule has 0 bridgehead atoms. The highest BCUT2D eigenvalue weighted by Crippen LogP contribution is 2.32. The molecule has 0 saturated heterocycles. The number of hydrogen-bond acceptors (Lipinski definition) is 2. The monoisotopic (exact) mass is 185 g/mol. The molecule has 0 radical (unpaired) electrons. The predicted octanol–water partition coefficient (Wildman–Crippen LogP) is 1.78. The van der Waals surface area contributed by atoms with Crippen LogP contribution >= 0.6 is 0 Å². The zero-order chi connectivity index (χ0) is 9.84. The molecule has 0 aliphatic heterocycles. The third kappa shape index (κ3) is 3.65. The molecule has 13 heavy (non-hydrogen) atoms. The van der Waals surface area contributed by atoms with Gasteiger partial charge in [0.25, 0.3) is 0 Å². The highest BCUT2D eigenvalue weighted by atomic mass is 16.3. The van der Waals surface area contributed by atoms with Gasteiger partial charge < -0.3 is 10.4 Å². The second-order valence-electron chi connectivity index (χ2n) is 4.49. The van der Waals surface area contributed by atoms with Gasteiger partial charge in [0.2, 0.25) is 0 Å². The molecule has 3 unspecified atom stereocenters. The molecule has 0 amide bonds. The summed E-state index contributed by atoms with van der Waals surface area (Å²) in [6, 6.07) is 0.596. The van der Waals surface area contributed by atoms with Crippen molar-refractivity contribution in [2.24, 2.45) is 11.8 Å². The minimum Gasteiger partial charge on any atom is -0.392 e. The maximum Gasteiger partial charge on any atom is 0.0690 e. The van der Waals surface area contributed by atoms with E-state index < -0.39 is 0 Å². The molecule has 0 aromatic carbocycles. The average molecular weight is 185 g/mol. The van der Waals surface area contributed by atoms with Gasteiger partial charge in [-0.2, -0.15) is 0 Å². The number of rotatable bonds is 6. The molecule has 78 valence electrons. The van der Waals surface area contributed by atoms with E-state index in [1.807, 2.05) is 0 Å². The van der Waals surface area contributed by atoms with Crippen LogP contribution in [0.4, 0.5) is 0 Å². The van der Waals surface area contributed by atoms with Crippen molar-refractivity contribution >= 4 is 0 Å². The Hall–Kier alpha value is -0.0800. The van der Waals surface area contributed by atoms with Gasteiger partial charge >= 0.3 is 0 Å². The van der Waals surface area contributed by atoms with Crippen molar-refractivity contribution in [3.8, 4) is 0 Å².